The summed E-state index contributed by atoms with van der Waals surface area (Å²) in [7, 11) is 0. The Balaban J connectivity index is 1.69. The van der Waals surface area contributed by atoms with Crippen LogP contribution >= 0.6 is 0 Å². The molecule has 0 radical (unpaired) electrons. The number of aliphatic hydroxyl groups is 1. The van der Waals surface area contributed by atoms with Crippen LogP contribution in [0, 0.1) is 17.8 Å². The van der Waals surface area contributed by atoms with Gasteiger partial charge in [-0.3, -0.25) is 4.79 Å². The molecule has 0 aromatic carbocycles. The van der Waals surface area contributed by atoms with Gasteiger partial charge in [-0.05, 0) is 51.9 Å². The fraction of sp³-hybridized carbons (Fsp3) is 0.833. The first kappa shape index (κ1) is 19.2. The van der Waals surface area contributed by atoms with Crippen molar-refractivity contribution in [2.75, 3.05) is 0 Å². The Morgan fingerprint density at radius 3 is 2.19 bits per heavy atom. The quantitative estimate of drug-likeness (QED) is 0.741. The van der Waals surface area contributed by atoms with Crippen molar-refractivity contribution in [2.45, 2.75) is 76.1 Å². The minimum atomic E-state index is -3.73. The third kappa shape index (κ3) is 3.23. The minimum Gasteiger partial charge on any atom is -0.457 e. The molecular formula is C18H24F2O6. The zero-order valence-electron chi connectivity index (χ0n) is 15.1. The molecule has 0 aromatic rings. The molecule has 4 atom stereocenters. The van der Waals surface area contributed by atoms with E-state index in [0.717, 1.165) is 26.7 Å². The lowest BCUT2D eigenvalue weighted by Gasteiger charge is -2.55. The van der Waals surface area contributed by atoms with Crippen LogP contribution in [0.1, 0.15) is 52.9 Å². The van der Waals surface area contributed by atoms with Gasteiger partial charge in [0, 0.05) is 18.8 Å². The van der Waals surface area contributed by atoms with Crippen LogP contribution in [0.3, 0.4) is 0 Å². The Labute approximate surface area is 150 Å². The van der Waals surface area contributed by atoms with E-state index in [-0.39, 0.29) is 17.6 Å². The number of hydrogen-bond acceptors (Lipinski definition) is 6. The van der Waals surface area contributed by atoms with E-state index >= 15 is 0 Å². The number of hydrogen-bond donors (Lipinski definition) is 1. The number of alkyl halides is 2. The predicted octanol–water partition coefficient (Wildman–Crippen LogP) is 2.02. The Bertz CT molecular complexity index is 620. The molecule has 0 aromatic heterocycles. The Kier molecular flexibility index (Phi) is 4.41. The summed E-state index contributed by atoms with van der Waals surface area (Å²) in [6, 6.07) is 0. The average molecular weight is 374 g/mol. The largest absolute Gasteiger partial charge is 0.457 e. The molecule has 26 heavy (non-hydrogen) atoms. The monoisotopic (exact) mass is 374 g/mol. The minimum absolute atomic E-state index is 0.118. The molecule has 0 amide bonds. The maximum absolute atomic E-state index is 13.0. The van der Waals surface area contributed by atoms with Crippen molar-refractivity contribution in [1.82, 2.24) is 0 Å². The molecule has 4 unspecified atom stereocenters. The van der Waals surface area contributed by atoms with Crippen LogP contribution in [0.25, 0.3) is 0 Å². The molecule has 0 saturated heterocycles. The summed E-state index contributed by atoms with van der Waals surface area (Å²) >= 11 is 0. The molecule has 4 rings (SSSR count). The van der Waals surface area contributed by atoms with Gasteiger partial charge >= 0.3 is 17.9 Å². The Morgan fingerprint density at radius 2 is 1.69 bits per heavy atom. The zero-order valence-corrected chi connectivity index (χ0v) is 15.1. The predicted molar refractivity (Wildman–Crippen MR) is 84.2 cm³/mol. The molecule has 4 saturated carbocycles. The number of halogens is 2. The molecular weight excluding hydrogens is 350 g/mol. The number of ether oxygens (including phenoxy) is 2. The van der Waals surface area contributed by atoms with Gasteiger partial charge in [0.1, 0.15) is 17.5 Å². The van der Waals surface area contributed by atoms with Gasteiger partial charge in [-0.25, -0.2) is 9.59 Å². The van der Waals surface area contributed by atoms with Gasteiger partial charge in [-0.1, -0.05) is 0 Å². The summed E-state index contributed by atoms with van der Waals surface area (Å²) in [4.78, 5) is 36.1. The molecule has 4 fully saturated rings. The molecule has 0 aliphatic heterocycles. The summed E-state index contributed by atoms with van der Waals surface area (Å²) in [6.45, 7) is 2.61. The van der Waals surface area contributed by atoms with Crippen molar-refractivity contribution < 1.29 is 37.7 Å². The maximum Gasteiger partial charge on any atom is 0.377 e. The highest BCUT2D eigenvalue weighted by Gasteiger charge is 2.58. The van der Waals surface area contributed by atoms with Crippen LogP contribution in [0.5, 0.6) is 0 Å². The molecule has 146 valence electrons. The van der Waals surface area contributed by atoms with Crippen molar-refractivity contribution in [3.8, 4) is 0 Å². The van der Waals surface area contributed by atoms with Crippen molar-refractivity contribution in [3.63, 3.8) is 0 Å². The molecule has 6 nitrogen and oxygen atoms in total. The fourth-order valence-electron chi connectivity index (χ4n) is 4.65. The van der Waals surface area contributed by atoms with Crippen LogP contribution in [-0.2, 0) is 23.9 Å². The van der Waals surface area contributed by atoms with Crippen LogP contribution in [-0.4, -0.2) is 46.1 Å². The van der Waals surface area contributed by atoms with Gasteiger partial charge in [0.25, 0.3) is 0 Å². The lowest BCUT2D eigenvalue weighted by atomic mass is 9.53. The van der Waals surface area contributed by atoms with E-state index < -0.39 is 35.2 Å². The summed E-state index contributed by atoms with van der Waals surface area (Å²) in [6.07, 6.45) is 1.61. The first-order valence-electron chi connectivity index (χ1n) is 8.92. The first-order chi connectivity index (χ1) is 11.8. The number of rotatable bonds is 5. The van der Waals surface area contributed by atoms with Crippen LogP contribution in [0.2, 0.25) is 0 Å². The highest BCUT2D eigenvalue weighted by atomic mass is 19.3. The Hall–Kier alpha value is -1.57. The molecule has 8 heteroatoms. The second-order valence-electron chi connectivity index (χ2n) is 8.40. The van der Waals surface area contributed by atoms with Crippen LogP contribution in [0.4, 0.5) is 8.78 Å². The topological polar surface area (TPSA) is 89.9 Å². The second-order valence-corrected chi connectivity index (χ2v) is 8.40. The Morgan fingerprint density at radius 1 is 1.15 bits per heavy atom. The van der Waals surface area contributed by atoms with Crippen molar-refractivity contribution in [2.24, 2.45) is 17.8 Å². The van der Waals surface area contributed by atoms with E-state index in [1.54, 1.807) is 0 Å². The van der Waals surface area contributed by atoms with E-state index in [1.807, 2.05) is 0 Å². The number of Topliss-reactive ketones (excluding diaryl/α,β-unsaturated/α-hetero) is 1. The molecule has 0 spiro atoms. The van der Waals surface area contributed by atoms with E-state index in [9.17, 15) is 28.3 Å². The number of carbonyl (C=O) groups is 3. The normalized spacial score (nSPS) is 36.4. The highest BCUT2D eigenvalue weighted by Crippen LogP contribution is 2.55. The standard InChI is InChI=1S/C18H24F2O6/c1-9(25-15(23)17(3,19)20)16(2,24)14(22)26-18-6-10-4-11(7-18)13(21)12(5-10)8-18/h9-12,24H,4-8H2,1-3H3. The smallest absolute Gasteiger partial charge is 0.377 e. The van der Waals surface area contributed by atoms with Gasteiger partial charge in [-0.2, -0.15) is 8.78 Å². The van der Waals surface area contributed by atoms with Crippen LogP contribution in [0.15, 0.2) is 0 Å². The number of carbonyl (C=O) groups excluding carboxylic acids is 3. The maximum atomic E-state index is 13.0. The lowest BCUT2D eigenvalue weighted by molar-refractivity contribution is -0.216. The summed E-state index contributed by atoms with van der Waals surface area (Å²) in [5.41, 5.74) is -3.07. The third-order valence-electron chi connectivity index (χ3n) is 6.09. The number of ketones is 1. The van der Waals surface area contributed by atoms with Gasteiger partial charge in [0.2, 0.25) is 0 Å². The summed E-state index contributed by atoms with van der Waals surface area (Å²) < 4.78 is 36.1. The van der Waals surface area contributed by atoms with Crippen molar-refractivity contribution >= 4 is 17.7 Å². The summed E-state index contributed by atoms with van der Waals surface area (Å²) in [5, 5.41) is 10.5. The van der Waals surface area contributed by atoms with E-state index in [0.29, 0.717) is 32.1 Å². The van der Waals surface area contributed by atoms with Gasteiger partial charge in [0.05, 0.1) is 0 Å². The third-order valence-corrected chi connectivity index (χ3v) is 6.09. The second kappa shape index (κ2) is 5.97. The lowest BCUT2D eigenvalue weighted by Crippen LogP contribution is -2.59. The van der Waals surface area contributed by atoms with Gasteiger partial charge < -0.3 is 14.6 Å². The van der Waals surface area contributed by atoms with E-state index in [4.69, 9.17) is 4.74 Å². The average Bonchev–Trinajstić information content (AvgIpc) is 2.50. The molecule has 4 aliphatic rings. The SMILES string of the molecule is CC(OC(=O)C(C)(F)F)C(C)(O)C(=O)OC12CC3CC(C1)C(=O)C(C3)C2. The first-order valence-corrected chi connectivity index (χ1v) is 8.92. The molecule has 4 bridgehead atoms. The molecule has 1 N–H and O–H groups in total. The summed E-state index contributed by atoms with van der Waals surface area (Å²) in [5.74, 6) is -6.26. The fourth-order valence-corrected chi connectivity index (χ4v) is 4.65. The van der Waals surface area contributed by atoms with E-state index in [1.165, 1.54) is 0 Å². The number of esters is 2. The molecule has 0 heterocycles. The van der Waals surface area contributed by atoms with Crippen molar-refractivity contribution in [1.29, 1.82) is 0 Å². The van der Waals surface area contributed by atoms with Crippen molar-refractivity contribution in [3.05, 3.63) is 0 Å². The van der Waals surface area contributed by atoms with Gasteiger partial charge in [0.15, 0.2) is 5.60 Å². The highest BCUT2D eigenvalue weighted by molar-refractivity contribution is 5.86. The van der Waals surface area contributed by atoms with Crippen LogP contribution < -0.4 is 0 Å². The van der Waals surface area contributed by atoms with Gasteiger partial charge in [-0.15, -0.1) is 0 Å². The zero-order chi connectivity index (χ0) is 19.5. The molecule has 4 aliphatic carbocycles. The van der Waals surface area contributed by atoms with E-state index in [2.05, 4.69) is 4.74 Å².